The second-order valence-corrected chi connectivity index (χ2v) is 6.81. The predicted octanol–water partition coefficient (Wildman–Crippen LogP) is 2.55. The summed E-state index contributed by atoms with van der Waals surface area (Å²) in [4.78, 5) is 4.29. The summed E-state index contributed by atoms with van der Waals surface area (Å²) < 4.78 is 13.0. The molecular formula is C22H25N5O2. The molecule has 0 aliphatic carbocycles. The fourth-order valence-corrected chi connectivity index (χ4v) is 3.31. The Morgan fingerprint density at radius 1 is 1.17 bits per heavy atom. The third-order valence-corrected chi connectivity index (χ3v) is 4.85. The molecule has 7 nitrogen and oxygen atoms in total. The zero-order valence-corrected chi connectivity index (χ0v) is 16.6. The fraction of sp³-hybridized carbons (Fsp3) is 0.273. The fourth-order valence-electron chi connectivity index (χ4n) is 3.31. The molecule has 1 aliphatic rings. The molecule has 0 amide bonds. The Bertz CT molecular complexity index is 956. The van der Waals surface area contributed by atoms with Crippen molar-refractivity contribution in [3.05, 3.63) is 72.1 Å². The number of nitrogens with zero attached hydrogens (tertiary/aromatic N) is 3. The highest BCUT2D eigenvalue weighted by Gasteiger charge is 2.22. The summed E-state index contributed by atoms with van der Waals surface area (Å²) in [6.45, 7) is 1.27. The van der Waals surface area contributed by atoms with Crippen molar-refractivity contribution >= 4 is 5.96 Å². The molecule has 7 heteroatoms. The van der Waals surface area contributed by atoms with Crippen molar-refractivity contribution in [3.8, 4) is 17.2 Å². The van der Waals surface area contributed by atoms with E-state index in [2.05, 4.69) is 26.8 Å². The molecule has 2 heterocycles. The lowest BCUT2D eigenvalue weighted by molar-refractivity contribution is 0.235. The van der Waals surface area contributed by atoms with Crippen LogP contribution in [0.5, 0.6) is 11.5 Å². The van der Waals surface area contributed by atoms with Crippen molar-refractivity contribution in [2.45, 2.75) is 19.1 Å². The Hall–Kier alpha value is -3.48. The van der Waals surface area contributed by atoms with Crippen molar-refractivity contribution < 1.29 is 9.47 Å². The molecule has 1 unspecified atom stereocenters. The van der Waals surface area contributed by atoms with Crippen molar-refractivity contribution in [2.24, 2.45) is 4.99 Å². The van der Waals surface area contributed by atoms with Gasteiger partial charge in [0.15, 0.2) is 5.96 Å². The highest BCUT2D eigenvalue weighted by atomic mass is 16.5. The van der Waals surface area contributed by atoms with Gasteiger partial charge < -0.3 is 20.1 Å². The summed E-state index contributed by atoms with van der Waals surface area (Å²) in [7, 11) is 3.42. The largest absolute Gasteiger partial charge is 0.497 e. The summed E-state index contributed by atoms with van der Waals surface area (Å²) in [5, 5.41) is 11.2. The second-order valence-electron chi connectivity index (χ2n) is 6.81. The minimum atomic E-state index is 0.111. The summed E-state index contributed by atoms with van der Waals surface area (Å²) >= 11 is 0. The molecule has 0 saturated carbocycles. The van der Waals surface area contributed by atoms with E-state index in [1.54, 1.807) is 14.2 Å². The number of aliphatic imine (C=N–C) groups is 1. The van der Waals surface area contributed by atoms with Crippen LogP contribution in [-0.2, 0) is 13.0 Å². The molecule has 0 spiro atoms. The van der Waals surface area contributed by atoms with E-state index < -0.39 is 0 Å². The van der Waals surface area contributed by atoms with Crippen LogP contribution in [0.2, 0.25) is 0 Å². The number of para-hydroxylation sites is 1. The second kappa shape index (κ2) is 8.68. The molecule has 0 saturated heterocycles. The van der Waals surface area contributed by atoms with Gasteiger partial charge >= 0.3 is 0 Å². The maximum absolute atomic E-state index is 5.96. The van der Waals surface area contributed by atoms with Gasteiger partial charge in [0.2, 0.25) is 0 Å². The monoisotopic (exact) mass is 391 g/mol. The first-order valence-corrected chi connectivity index (χ1v) is 9.63. The number of hydrogen-bond donors (Lipinski definition) is 2. The van der Waals surface area contributed by atoms with Crippen LogP contribution < -0.4 is 20.1 Å². The lowest BCUT2D eigenvalue weighted by atomic mass is 10.1. The summed E-state index contributed by atoms with van der Waals surface area (Å²) in [6.07, 6.45) is 2.96. The number of aromatic nitrogens is 2. The zero-order valence-electron chi connectivity index (χ0n) is 16.6. The van der Waals surface area contributed by atoms with E-state index >= 15 is 0 Å². The molecule has 2 aromatic carbocycles. The maximum Gasteiger partial charge on any atom is 0.191 e. The predicted molar refractivity (Wildman–Crippen MR) is 113 cm³/mol. The summed E-state index contributed by atoms with van der Waals surface area (Å²) in [5.41, 5.74) is 3.16. The van der Waals surface area contributed by atoms with Crippen LogP contribution >= 0.6 is 0 Å². The lowest BCUT2D eigenvalue weighted by Crippen LogP contribution is -2.42. The highest BCUT2D eigenvalue weighted by Crippen LogP contribution is 2.27. The van der Waals surface area contributed by atoms with Crippen molar-refractivity contribution in [2.75, 3.05) is 20.7 Å². The van der Waals surface area contributed by atoms with Crippen molar-refractivity contribution in [1.82, 2.24) is 20.4 Å². The van der Waals surface area contributed by atoms with Gasteiger partial charge in [-0.25, -0.2) is 4.68 Å². The molecule has 29 heavy (non-hydrogen) atoms. The Balaban J connectivity index is 1.27. The number of ether oxygens (including phenoxy) is 2. The maximum atomic E-state index is 5.96. The zero-order chi connectivity index (χ0) is 20.1. The molecule has 0 fully saturated rings. The van der Waals surface area contributed by atoms with Gasteiger partial charge in [0.25, 0.3) is 0 Å². The van der Waals surface area contributed by atoms with Crippen LogP contribution in [0.1, 0.15) is 11.3 Å². The summed E-state index contributed by atoms with van der Waals surface area (Å²) in [5.74, 6) is 2.53. The first-order valence-electron chi connectivity index (χ1n) is 9.63. The van der Waals surface area contributed by atoms with Crippen LogP contribution in [0.3, 0.4) is 0 Å². The van der Waals surface area contributed by atoms with E-state index in [0.29, 0.717) is 13.1 Å². The molecule has 0 bridgehead atoms. The first kappa shape index (κ1) is 18.9. The van der Waals surface area contributed by atoms with Crippen molar-refractivity contribution in [3.63, 3.8) is 0 Å². The van der Waals surface area contributed by atoms with Gasteiger partial charge in [-0.05, 0) is 42.0 Å². The van der Waals surface area contributed by atoms with Gasteiger partial charge in [-0.15, -0.1) is 0 Å². The number of rotatable bonds is 6. The van der Waals surface area contributed by atoms with Crippen LogP contribution in [0.15, 0.2) is 65.8 Å². The minimum absolute atomic E-state index is 0.111. The normalized spacial score (nSPS) is 15.5. The Labute approximate surface area is 170 Å². The first-order chi connectivity index (χ1) is 14.2. The van der Waals surface area contributed by atoms with Crippen LogP contribution in [-0.4, -0.2) is 42.5 Å². The molecule has 150 valence electrons. The van der Waals surface area contributed by atoms with Gasteiger partial charge in [0.05, 0.1) is 31.6 Å². The third-order valence-electron chi connectivity index (χ3n) is 4.85. The average Bonchev–Trinajstić information content (AvgIpc) is 3.40. The SMILES string of the molecule is CN=C(NCc1ccn(-c2ccc(OC)cc2)n1)NCC1Cc2ccccc2O1. The van der Waals surface area contributed by atoms with Crippen molar-refractivity contribution in [1.29, 1.82) is 0 Å². The van der Waals surface area contributed by atoms with E-state index in [9.17, 15) is 0 Å². The number of methoxy groups -OCH3 is 1. The smallest absolute Gasteiger partial charge is 0.191 e. The Morgan fingerprint density at radius 3 is 2.76 bits per heavy atom. The lowest BCUT2D eigenvalue weighted by Gasteiger charge is -2.15. The Morgan fingerprint density at radius 2 is 2.00 bits per heavy atom. The van der Waals surface area contributed by atoms with Crippen LogP contribution in [0.25, 0.3) is 5.69 Å². The number of benzene rings is 2. The highest BCUT2D eigenvalue weighted by molar-refractivity contribution is 5.79. The van der Waals surface area contributed by atoms with E-state index in [-0.39, 0.29) is 6.10 Å². The number of guanidine groups is 1. The van der Waals surface area contributed by atoms with E-state index in [1.165, 1.54) is 5.56 Å². The molecule has 1 atom stereocenters. The quantitative estimate of drug-likeness (QED) is 0.499. The van der Waals surface area contributed by atoms with Crippen LogP contribution in [0.4, 0.5) is 0 Å². The molecular weight excluding hydrogens is 366 g/mol. The van der Waals surface area contributed by atoms with Gasteiger partial charge in [-0.2, -0.15) is 5.10 Å². The van der Waals surface area contributed by atoms with E-state index in [0.717, 1.165) is 35.3 Å². The average molecular weight is 391 g/mol. The molecule has 0 radical (unpaired) electrons. The van der Waals surface area contributed by atoms with E-state index in [4.69, 9.17) is 9.47 Å². The molecule has 1 aromatic heterocycles. The number of hydrogen-bond acceptors (Lipinski definition) is 4. The van der Waals surface area contributed by atoms with Crippen LogP contribution in [0, 0.1) is 0 Å². The number of fused-ring (bicyclic) bond motifs is 1. The Kier molecular flexibility index (Phi) is 5.65. The van der Waals surface area contributed by atoms with Gasteiger partial charge in [-0.3, -0.25) is 4.99 Å². The molecule has 1 aliphatic heterocycles. The van der Waals surface area contributed by atoms with Gasteiger partial charge in [0, 0.05) is 19.7 Å². The van der Waals surface area contributed by atoms with Gasteiger partial charge in [-0.1, -0.05) is 18.2 Å². The summed E-state index contributed by atoms with van der Waals surface area (Å²) in [6, 6.07) is 18.0. The van der Waals surface area contributed by atoms with E-state index in [1.807, 2.05) is 59.4 Å². The molecule has 2 N–H and O–H groups in total. The minimum Gasteiger partial charge on any atom is -0.497 e. The standard InChI is InChI=1S/C22H25N5O2/c1-23-22(25-15-20-13-16-5-3-4-6-21(16)29-20)24-14-17-11-12-27(26-17)18-7-9-19(28-2)10-8-18/h3-12,20H,13-15H2,1-2H3,(H2,23,24,25). The topological polar surface area (TPSA) is 72.7 Å². The molecule has 3 aromatic rings. The number of nitrogens with one attached hydrogen (secondary N) is 2. The molecule has 4 rings (SSSR count). The third kappa shape index (κ3) is 4.51. The van der Waals surface area contributed by atoms with Gasteiger partial charge in [0.1, 0.15) is 17.6 Å².